The van der Waals surface area contributed by atoms with Gasteiger partial charge in [0, 0.05) is 12.1 Å². The summed E-state index contributed by atoms with van der Waals surface area (Å²) in [7, 11) is 3.20. The number of ether oxygens (including phenoxy) is 2. The molecule has 154 valence electrons. The van der Waals surface area contributed by atoms with Crippen LogP contribution in [0, 0.1) is 6.92 Å². The molecule has 0 radical (unpaired) electrons. The molecule has 0 saturated carbocycles. The molecular formula is C22H22N4O4. The van der Waals surface area contributed by atoms with E-state index in [0.717, 1.165) is 22.2 Å². The highest BCUT2D eigenvalue weighted by Crippen LogP contribution is 2.28. The second-order valence-electron chi connectivity index (χ2n) is 6.83. The monoisotopic (exact) mass is 406 g/mol. The van der Waals surface area contributed by atoms with Crippen molar-refractivity contribution in [3.05, 3.63) is 63.9 Å². The van der Waals surface area contributed by atoms with Crippen molar-refractivity contribution in [2.45, 2.75) is 26.8 Å². The second-order valence-corrected chi connectivity index (χ2v) is 6.83. The molecule has 2 aromatic heterocycles. The molecule has 4 aromatic rings. The van der Waals surface area contributed by atoms with Crippen molar-refractivity contribution in [2.75, 3.05) is 14.2 Å². The molecule has 0 saturated heterocycles. The third-order valence-electron chi connectivity index (χ3n) is 4.95. The van der Waals surface area contributed by atoms with Gasteiger partial charge in [0.25, 0.3) is 5.56 Å². The average Bonchev–Trinajstić information content (AvgIpc) is 3.22. The molecule has 0 bridgehead atoms. The highest BCUT2D eigenvalue weighted by Gasteiger charge is 2.14. The van der Waals surface area contributed by atoms with Gasteiger partial charge in [-0.15, -0.1) is 0 Å². The van der Waals surface area contributed by atoms with Gasteiger partial charge in [-0.3, -0.25) is 4.79 Å². The zero-order valence-electron chi connectivity index (χ0n) is 17.3. The maximum atomic E-state index is 12.3. The van der Waals surface area contributed by atoms with Crippen LogP contribution in [0.2, 0.25) is 0 Å². The lowest BCUT2D eigenvalue weighted by Crippen LogP contribution is -2.23. The van der Waals surface area contributed by atoms with Crippen molar-refractivity contribution >= 4 is 11.0 Å². The Hall–Kier alpha value is -3.68. The van der Waals surface area contributed by atoms with Crippen molar-refractivity contribution < 1.29 is 14.0 Å². The Morgan fingerprint density at radius 1 is 1.03 bits per heavy atom. The number of hydrogen-bond acceptors (Lipinski definition) is 7. The normalized spacial score (nSPS) is 11.1. The minimum absolute atomic E-state index is 0.0745. The number of aryl methyl sites for hydroxylation is 2. The molecule has 0 N–H and O–H groups in total. The SMILES string of the molecule is CCn1c(=O)c(C)nc2cc(-c3noc(Cc4ccc(OC)c(OC)c4)n3)ccc21. The number of methoxy groups -OCH3 is 2. The van der Waals surface area contributed by atoms with E-state index >= 15 is 0 Å². The third-order valence-corrected chi connectivity index (χ3v) is 4.95. The zero-order valence-corrected chi connectivity index (χ0v) is 17.3. The molecule has 0 amide bonds. The van der Waals surface area contributed by atoms with E-state index in [2.05, 4.69) is 15.1 Å². The molecule has 0 aliphatic heterocycles. The molecule has 0 unspecified atom stereocenters. The summed E-state index contributed by atoms with van der Waals surface area (Å²) in [6.07, 6.45) is 0.466. The van der Waals surface area contributed by atoms with Gasteiger partial charge in [0.05, 0.1) is 31.7 Å². The predicted molar refractivity (Wildman–Crippen MR) is 112 cm³/mol. The van der Waals surface area contributed by atoms with Crippen molar-refractivity contribution in [1.29, 1.82) is 0 Å². The van der Waals surface area contributed by atoms with Crippen molar-refractivity contribution in [3.8, 4) is 22.9 Å². The first-order chi connectivity index (χ1) is 14.5. The lowest BCUT2D eigenvalue weighted by molar-refractivity contribution is 0.354. The Morgan fingerprint density at radius 3 is 2.57 bits per heavy atom. The van der Waals surface area contributed by atoms with Gasteiger partial charge in [-0.1, -0.05) is 11.2 Å². The summed E-state index contributed by atoms with van der Waals surface area (Å²) < 4.78 is 17.8. The highest BCUT2D eigenvalue weighted by molar-refractivity contribution is 5.80. The van der Waals surface area contributed by atoms with Crippen LogP contribution in [0.15, 0.2) is 45.7 Å². The van der Waals surface area contributed by atoms with Crippen LogP contribution in [0.1, 0.15) is 24.1 Å². The van der Waals surface area contributed by atoms with Gasteiger partial charge in [0.1, 0.15) is 5.69 Å². The van der Waals surface area contributed by atoms with Gasteiger partial charge in [0.15, 0.2) is 11.5 Å². The van der Waals surface area contributed by atoms with Crippen LogP contribution in [0.3, 0.4) is 0 Å². The summed E-state index contributed by atoms with van der Waals surface area (Å²) in [5.74, 6) is 2.27. The largest absolute Gasteiger partial charge is 0.493 e. The van der Waals surface area contributed by atoms with Gasteiger partial charge in [-0.05, 0) is 49.7 Å². The van der Waals surface area contributed by atoms with Gasteiger partial charge >= 0.3 is 0 Å². The van der Waals surface area contributed by atoms with Crippen molar-refractivity contribution in [3.63, 3.8) is 0 Å². The number of fused-ring (bicyclic) bond motifs is 1. The van der Waals surface area contributed by atoms with E-state index in [0.29, 0.717) is 41.9 Å². The molecule has 0 spiro atoms. The van der Waals surface area contributed by atoms with Crippen LogP contribution in [0.4, 0.5) is 0 Å². The average molecular weight is 406 g/mol. The Morgan fingerprint density at radius 2 is 1.83 bits per heavy atom. The quantitative estimate of drug-likeness (QED) is 0.485. The Kier molecular flexibility index (Phi) is 5.22. The fourth-order valence-corrected chi connectivity index (χ4v) is 3.44. The van der Waals surface area contributed by atoms with Crippen LogP contribution in [-0.4, -0.2) is 33.9 Å². The van der Waals surface area contributed by atoms with Gasteiger partial charge < -0.3 is 18.6 Å². The molecule has 30 heavy (non-hydrogen) atoms. The molecule has 0 fully saturated rings. The molecule has 2 heterocycles. The van der Waals surface area contributed by atoms with Crippen LogP contribution >= 0.6 is 0 Å². The maximum absolute atomic E-state index is 12.3. The van der Waals surface area contributed by atoms with Crippen molar-refractivity contribution in [1.82, 2.24) is 19.7 Å². The Labute approximate surface area is 173 Å². The molecule has 8 heteroatoms. The van der Waals surface area contributed by atoms with E-state index in [9.17, 15) is 4.79 Å². The number of hydrogen-bond donors (Lipinski definition) is 0. The Balaban J connectivity index is 1.65. The molecule has 0 aliphatic carbocycles. The van der Waals surface area contributed by atoms with E-state index in [1.807, 2.05) is 43.3 Å². The second kappa shape index (κ2) is 7.98. The topological polar surface area (TPSA) is 92.3 Å². The molecular weight excluding hydrogens is 384 g/mol. The summed E-state index contributed by atoms with van der Waals surface area (Å²) in [6, 6.07) is 11.3. The van der Waals surface area contributed by atoms with Crippen molar-refractivity contribution in [2.24, 2.45) is 0 Å². The Bertz CT molecular complexity index is 1280. The molecule has 0 atom stereocenters. The minimum atomic E-state index is -0.0745. The first-order valence-corrected chi connectivity index (χ1v) is 9.59. The molecule has 4 rings (SSSR count). The number of nitrogens with zero attached hydrogens (tertiary/aromatic N) is 4. The standard InChI is InChI=1S/C22H22N4O4/c1-5-26-17-8-7-15(12-16(17)23-13(2)22(26)27)21-24-20(30-25-21)11-14-6-9-18(28-3)19(10-14)29-4/h6-10,12H,5,11H2,1-4H3. The summed E-state index contributed by atoms with van der Waals surface area (Å²) in [6.45, 7) is 4.24. The van der Waals surface area contributed by atoms with Crippen LogP contribution < -0.4 is 15.0 Å². The van der Waals surface area contributed by atoms with Crippen LogP contribution in [-0.2, 0) is 13.0 Å². The van der Waals surface area contributed by atoms with E-state index in [-0.39, 0.29) is 5.56 Å². The minimum Gasteiger partial charge on any atom is -0.493 e. The van der Waals surface area contributed by atoms with E-state index in [4.69, 9.17) is 14.0 Å². The van der Waals surface area contributed by atoms with Gasteiger partial charge in [0.2, 0.25) is 11.7 Å². The first kappa shape index (κ1) is 19.6. The fourth-order valence-electron chi connectivity index (χ4n) is 3.44. The molecule has 8 nitrogen and oxygen atoms in total. The molecule has 0 aliphatic rings. The lowest BCUT2D eigenvalue weighted by Gasteiger charge is -2.09. The summed E-state index contributed by atoms with van der Waals surface area (Å²) in [5.41, 5.74) is 3.63. The highest BCUT2D eigenvalue weighted by atomic mass is 16.5. The molecule has 2 aromatic carbocycles. The smallest absolute Gasteiger partial charge is 0.272 e. The summed E-state index contributed by atoms with van der Waals surface area (Å²) >= 11 is 0. The maximum Gasteiger partial charge on any atom is 0.272 e. The van der Waals surface area contributed by atoms with E-state index < -0.39 is 0 Å². The van der Waals surface area contributed by atoms with Crippen LogP contribution in [0.5, 0.6) is 11.5 Å². The zero-order chi connectivity index (χ0) is 21.3. The number of rotatable bonds is 6. The van der Waals surface area contributed by atoms with E-state index in [1.54, 1.807) is 25.7 Å². The lowest BCUT2D eigenvalue weighted by atomic mass is 10.1. The van der Waals surface area contributed by atoms with Gasteiger partial charge in [-0.25, -0.2) is 4.98 Å². The fraction of sp³-hybridized carbons (Fsp3) is 0.273. The number of benzene rings is 2. The summed E-state index contributed by atoms with van der Waals surface area (Å²) in [5, 5.41) is 4.11. The predicted octanol–water partition coefficient (Wildman–Crippen LogP) is 3.38. The number of aromatic nitrogens is 4. The van der Waals surface area contributed by atoms with E-state index in [1.165, 1.54) is 0 Å². The van der Waals surface area contributed by atoms with Gasteiger partial charge in [-0.2, -0.15) is 4.98 Å². The van der Waals surface area contributed by atoms with Crippen LogP contribution in [0.25, 0.3) is 22.4 Å². The first-order valence-electron chi connectivity index (χ1n) is 9.59. The summed E-state index contributed by atoms with van der Waals surface area (Å²) in [4.78, 5) is 21.2. The third kappa shape index (κ3) is 3.52.